The Hall–Kier alpha value is -0.870. The highest BCUT2D eigenvalue weighted by molar-refractivity contribution is 7.08. The van der Waals surface area contributed by atoms with E-state index in [2.05, 4.69) is 6.92 Å². The third kappa shape index (κ3) is 2.45. The Morgan fingerprint density at radius 3 is 2.83 bits per heavy atom. The minimum Gasteiger partial charge on any atom is -0.336 e. The van der Waals surface area contributed by atoms with E-state index < -0.39 is 0 Å². The van der Waals surface area contributed by atoms with Gasteiger partial charge in [-0.25, -0.2) is 0 Å². The lowest BCUT2D eigenvalue weighted by molar-refractivity contribution is 0.0652. The van der Waals surface area contributed by atoms with E-state index in [9.17, 15) is 4.79 Å². The number of carbonyl (C=O) groups excluding carboxylic acids is 1. The second-order valence-corrected chi connectivity index (χ2v) is 5.80. The van der Waals surface area contributed by atoms with Gasteiger partial charge in [-0.05, 0) is 50.1 Å². The number of nitrogens with zero attached hydrogens (tertiary/aromatic N) is 1. The second kappa shape index (κ2) is 5.85. The molecular weight excluding hydrogens is 244 g/mol. The van der Waals surface area contributed by atoms with Crippen molar-refractivity contribution in [2.75, 3.05) is 13.1 Å². The Labute approximate surface area is 113 Å². The van der Waals surface area contributed by atoms with Gasteiger partial charge in [-0.2, -0.15) is 11.3 Å². The quantitative estimate of drug-likeness (QED) is 0.910. The molecule has 1 aromatic heterocycles. The third-order valence-electron chi connectivity index (χ3n) is 4.01. The van der Waals surface area contributed by atoms with Gasteiger partial charge in [0.05, 0.1) is 5.56 Å². The molecule has 0 radical (unpaired) electrons. The van der Waals surface area contributed by atoms with Gasteiger partial charge in [0, 0.05) is 18.0 Å². The van der Waals surface area contributed by atoms with Crippen LogP contribution < -0.4 is 5.73 Å². The molecule has 0 aliphatic heterocycles. The monoisotopic (exact) mass is 266 g/mol. The number of rotatable bonds is 4. The minimum atomic E-state index is 0.182. The molecule has 2 unspecified atom stereocenters. The molecule has 0 saturated heterocycles. The van der Waals surface area contributed by atoms with E-state index in [1.807, 2.05) is 22.6 Å². The molecule has 0 spiro atoms. The number of hydrogen-bond donors (Lipinski definition) is 1. The lowest BCUT2D eigenvalue weighted by Gasteiger charge is -2.32. The average Bonchev–Trinajstić information content (AvgIpc) is 2.98. The van der Waals surface area contributed by atoms with Gasteiger partial charge in [0.15, 0.2) is 0 Å². The summed E-state index contributed by atoms with van der Waals surface area (Å²) in [5, 5.41) is 4.00. The van der Waals surface area contributed by atoms with E-state index in [-0.39, 0.29) is 5.91 Å². The number of hydrogen-bond acceptors (Lipinski definition) is 3. The summed E-state index contributed by atoms with van der Waals surface area (Å²) >= 11 is 1.60. The standard InChI is InChI=1S/C14H22N2OS/c1-3-16(13-6-4-5-11(13)7-15)14(17)12-9-18-8-10(12)2/h8-9,11,13H,3-7,15H2,1-2H3. The summed E-state index contributed by atoms with van der Waals surface area (Å²) in [6, 6.07) is 0.340. The largest absolute Gasteiger partial charge is 0.336 e. The first-order chi connectivity index (χ1) is 8.69. The van der Waals surface area contributed by atoms with Gasteiger partial charge >= 0.3 is 0 Å². The van der Waals surface area contributed by atoms with Crippen LogP contribution in [0.1, 0.15) is 42.1 Å². The van der Waals surface area contributed by atoms with Crippen LogP contribution in [0.5, 0.6) is 0 Å². The highest BCUT2D eigenvalue weighted by atomic mass is 32.1. The van der Waals surface area contributed by atoms with Crippen LogP contribution in [0, 0.1) is 12.8 Å². The van der Waals surface area contributed by atoms with E-state index in [0.717, 1.165) is 30.5 Å². The van der Waals surface area contributed by atoms with Crippen LogP contribution >= 0.6 is 11.3 Å². The fraction of sp³-hybridized carbons (Fsp3) is 0.643. The van der Waals surface area contributed by atoms with Crippen molar-refractivity contribution in [3.63, 3.8) is 0 Å². The normalized spacial score (nSPS) is 23.3. The summed E-state index contributed by atoms with van der Waals surface area (Å²) in [6.45, 7) is 5.53. The predicted molar refractivity (Wildman–Crippen MR) is 75.9 cm³/mol. The molecule has 1 aliphatic carbocycles. The number of thiophene rings is 1. The number of amides is 1. The Morgan fingerprint density at radius 2 is 2.28 bits per heavy atom. The molecule has 2 rings (SSSR count). The highest BCUT2D eigenvalue weighted by Crippen LogP contribution is 2.30. The van der Waals surface area contributed by atoms with Crippen molar-refractivity contribution in [3.8, 4) is 0 Å². The van der Waals surface area contributed by atoms with Crippen LogP contribution in [0.15, 0.2) is 10.8 Å². The van der Waals surface area contributed by atoms with Gasteiger partial charge in [0.1, 0.15) is 0 Å². The van der Waals surface area contributed by atoms with E-state index in [1.54, 1.807) is 11.3 Å². The molecule has 1 aliphatic rings. The molecule has 4 heteroatoms. The number of carbonyl (C=O) groups is 1. The zero-order valence-electron chi connectivity index (χ0n) is 11.2. The second-order valence-electron chi connectivity index (χ2n) is 5.05. The maximum absolute atomic E-state index is 12.6. The van der Waals surface area contributed by atoms with Crippen molar-refractivity contribution in [1.82, 2.24) is 4.90 Å². The molecular formula is C14H22N2OS. The Bertz CT molecular complexity index is 416. The van der Waals surface area contributed by atoms with Crippen molar-refractivity contribution in [3.05, 3.63) is 21.9 Å². The van der Waals surface area contributed by atoms with Crippen LogP contribution in [0.3, 0.4) is 0 Å². The molecule has 1 aromatic rings. The molecule has 18 heavy (non-hydrogen) atoms. The van der Waals surface area contributed by atoms with Crippen molar-refractivity contribution in [2.45, 2.75) is 39.2 Å². The molecule has 1 amide bonds. The van der Waals surface area contributed by atoms with Gasteiger partial charge in [0.2, 0.25) is 0 Å². The Morgan fingerprint density at radius 1 is 1.50 bits per heavy atom. The first-order valence-corrected chi connectivity index (χ1v) is 7.67. The molecule has 100 valence electrons. The SMILES string of the molecule is CCN(C(=O)c1cscc1C)C1CCCC1CN. The van der Waals surface area contributed by atoms with E-state index in [0.29, 0.717) is 18.5 Å². The zero-order chi connectivity index (χ0) is 13.1. The molecule has 2 atom stereocenters. The van der Waals surface area contributed by atoms with E-state index in [4.69, 9.17) is 5.73 Å². The Balaban J connectivity index is 2.18. The average molecular weight is 266 g/mol. The summed E-state index contributed by atoms with van der Waals surface area (Å²) in [6.07, 6.45) is 3.46. The first-order valence-electron chi connectivity index (χ1n) is 6.72. The predicted octanol–water partition coefficient (Wildman–Crippen LogP) is 2.65. The summed E-state index contributed by atoms with van der Waals surface area (Å²) in [4.78, 5) is 14.6. The number of nitrogens with two attached hydrogens (primary N) is 1. The van der Waals surface area contributed by atoms with Crippen LogP contribution in [-0.2, 0) is 0 Å². The molecule has 1 heterocycles. The maximum atomic E-state index is 12.6. The molecule has 1 saturated carbocycles. The molecule has 0 aromatic carbocycles. The Kier molecular flexibility index (Phi) is 4.40. The summed E-state index contributed by atoms with van der Waals surface area (Å²) in [7, 11) is 0. The number of aryl methyl sites for hydroxylation is 1. The summed E-state index contributed by atoms with van der Waals surface area (Å²) < 4.78 is 0. The summed E-state index contributed by atoms with van der Waals surface area (Å²) in [5.41, 5.74) is 7.78. The van der Waals surface area contributed by atoms with Crippen molar-refractivity contribution in [2.24, 2.45) is 11.7 Å². The first kappa shape index (κ1) is 13.6. The van der Waals surface area contributed by atoms with Crippen molar-refractivity contribution < 1.29 is 4.79 Å². The minimum absolute atomic E-state index is 0.182. The van der Waals surface area contributed by atoms with E-state index in [1.165, 1.54) is 6.42 Å². The maximum Gasteiger partial charge on any atom is 0.255 e. The van der Waals surface area contributed by atoms with Crippen LogP contribution in [0.25, 0.3) is 0 Å². The van der Waals surface area contributed by atoms with E-state index >= 15 is 0 Å². The van der Waals surface area contributed by atoms with Gasteiger partial charge in [0.25, 0.3) is 5.91 Å². The van der Waals surface area contributed by atoms with Crippen LogP contribution in [0.4, 0.5) is 0 Å². The molecule has 2 N–H and O–H groups in total. The van der Waals surface area contributed by atoms with Gasteiger partial charge in [-0.1, -0.05) is 6.42 Å². The van der Waals surface area contributed by atoms with Gasteiger partial charge < -0.3 is 10.6 Å². The van der Waals surface area contributed by atoms with Crippen molar-refractivity contribution in [1.29, 1.82) is 0 Å². The molecule has 0 bridgehead atoms. The van der Waals surface area contributed by atoms with Gasteiger partial charge in [-0.3, -0.25) is 4.79 Å². The lowest BCUT2D eigenvalue weighted by Crippen LogP contribution is -2.44. The smallest absolute Gasteiger partial charge is 0.255 e. The van der Waals surface area contributed by atoms with Gasteiger partial charge in [-0.15, -0.1) is 0 Å². The van der Waals surface area contributed by atoms with Crippen LogP contribution in [0.2, 0.25) is 0 Å². The molecule has 1 fully saturated rings. The zero-order valence-corrected chi connectivity index (χ0v) is 12.0. The fourth-order valence-corrected chi connectivity index (χ4v) is 3.79. The third-order valence-corrected chi connectivity index (χ3v) is 4.87. The van der Waals surface area contributed by atoms with Crippen molar-refractivity contribution >= 4 is 17.2 Å². The topological polar surface area (TPSA) is 46.3 Å². The summed E-state index contributed by atoms with van der Waals surface area (Å²) in [5.74, 6) is 0.662. The molecule has 3 nitrogen and oxygen atoms in total. The lowest BCUT2D eigenvalue weighted by atomic mass is 10.0. The highest BCUT2D eigenvalue weighted by Gasteiger charge is 2.33. The fourth-order valence-electron chi connectivity index (χ4n) is 2.97. The van der Waals surface area contributed by atoms with Crippen LogP contribution in [-0.4, -0.2) is 29.9 Å².